The molecule has 0 aliphatic carbocycles. The zero-order chi connectivity index (χ0) is 31.2. The number of nitrogens with two attached hydrogens (primary N) is 3. The number of hydrogen-bond acceptors (Lipinski definition) is 16. The van der Waals surface area contributed by atoms with Gasteiger partial charge in [0.1, 0.15) is 36.4 Å². The predicted molar refractivity (Wildman–Crippen MR) is 146 cm³/mol. The SMILES string of the molecule is CC(N=C(N)C1(O)COC1)C(O[C@H]1OC(CO)C(O)[C@H](N)C1O)C(O)C(C)O[C@H]1O[C@H](CNCC(O)CO)CCC1N. The third-order valence-electron chi connectivity index (χ3n) is 7.83. The average molecular weight is 612 g/mol. The molecule has 0 aromatic rings. The second kappa shape index (κ2) is 15.7. The molecule has 17 nitrogen and oxygen atoms in total. The van der Waals surface area contributed by atoms with Crippen molar-refractivity contribution in [1.29, 1.82) is 0 Å². The molecule has 3 aliphatic rings. The zero-order valence-electron chi connectivity index (χ0n) is 24.0. The van der Waals surface area contributed by atoms with Gasteiger partial charge in [0.25, 0.3) is 0 Å². The number of hydrogen-bond donors (Lipinski definition) is 11. The van der Waals surface area contributed by atoms with Gasteiger partial charge >= 0.3 is 0 Å². The van der Waals surface area contributed by atoms with E-state index in [4.69, 9.17) is 46.0 Å². The largest absolute Gasteiger partial charge is 0.394 e. The fraction of sp³-hybridized carbons (Fsp3) is 0.960. The van der Waals surface area contributed by atoms with E-state index in [1.54, 1.807) is 13.8 Å². The first kappa shape index (κ1) is 35.4. The van der Waals surface area contributed by atoms with Crippen LogP contribution in [0.1, 0.15) is 26.7 Å². The number of nitrogens with one attached hydrogen (secondary N) is 1. The van der Waals surface area contributed by atoms with Gasteiger partial charge in [-0.1, -0.05) is 0 Å². The maximum absolute atomic E-state index is 11.4. The van der Waals surface area contributed by atoms with Crippen molar-refractivity contribution in [1.82, 2.24) is 5.32 Å². The Labute approximate surface area is 244 Å². The van der Waals surface area contributed by atoms with Crippen LogP contribution in [0.3, 0.4) is 0 Å². The lowest BCUT2D eigenvalue weighted by Crippen LogP contribution is -2.64. The Morgan fingerprint density at radius 2 is 1.74 bits per heavy atom. The molecule has 0 amide bonds. The Bertz CT molecular complexity index is 855. The normalized spacial score (nSPS) is 37.4. The fourth-order valence-electron chi connectivity index (χ4n) is 4.91. The molecule has 14 N–H and O–H groups in total. The Hall–Kier alpha value is -1.13. The Morgan fingerprint density at radius 1 is 1.05 bits per heavy atom. The van der Waals surface area contributed by atoms with Gasteiger partial charge in [-0.05, 0) is 26.7 Å². The smallest absolute Gasteiger partial charge is 0.186 e. The van der Waals surface area contributed by atoms with E-state index in [1.165, 1.54) is 0 Å². The van der Waals surface area contributed by atoms with Gasteiger partial charge in [-0.2, -0.15) is 0 Å². The summed E-state index contributed by atoms with van der Waals surface area (Å²) in [6, 6.07) is -2.66. The Balaban J connectivity index is 1.73. The highest BCUT2D eigenvalue weighted by Crippen LogP contribution is 2.27. The topological polar surface area (TPSA) is 290 Å². The van der Waals surface area contributed by atoms with E-state index < -0.39 is 85.6 Å². The molecule has 0 aromatic carbocycles. The van der Waals surface area contributed by atoms with E-state index >= 15 is 0 Å². The summed E-state index contributed by atoms with van der Waals surface area (Å²) in [5.74, 6) is -0.139. The quantitative estimate of drug-likeness (QED) is 0.0607. The van der Waals surface area contributed by atoms with Crippen molar-refractivity contribution in [3.05, 3.63) is 0 Å². The minimum absolute atomic E-state index is 0.0517. The molecule has 3 aliphatic heterocycles. The average Bonchev–Trinajstić information content (AvgIpc) is 2.95. The van der Waals surface area contributed by atoms with Gasteiger partial charge < -0.3 is 81.9 Å². The van der Waals surface area contributed by atoms with Crippen LogP contribution in [0.4, 0.5) is 0 Å². The first-order valence-electron chi connectivity index (χ1n) is 14.2. The van der Waals surface area contributed by atoms with Crippen molar-refractivity contribution >= 4 is 5.84 Å². The number of aliphatic imine (C=N–C) groups is 1. The highest BCUT2D eigenvalue weighted by molar-refractivity contribution is 5.90. The fourth-order valence-corrected chi connectivity index (χ4v) is 4.91. The summed E-state index contributed by atoms with van der Waals surface area (Å²) in [6.07, 6.45) is -10.1. The third-order valence-corrected chi connectivity index (χ3v) is 7.83. The van der Waals surface area contributed by atoms with Crippen LogP contribution in [-0.2, 0) is 23.7 Å². The van der Waals surface area contributed by atoms with Crippen LogP contribution in [-0.4, -0.2) is 166 Å². The zero-order valence-corrected chi connectivity index (χ0v) is 24.0. The molecule has 9 unspecified atom stereocenters. The third kappa shape index (κ3) is 8.74. The monoisotopic (exact) mass is 611 g/mol. The standard InChI is InChI=1S/C25H49N5O12/c1-11(30-24(28)25(37)9-38-10-25)21(42-23-20(36)17(27)19(35)16(8-32)41-23)18(34)12(2)39-22-15(26)4-3-14(40-22)6-29-5-13(33)7-31/h11-23,29,31-37H,3-10,26-27H2,1-2H3,(H2,28,30)/t11?,12?,13?,14-,15?,16?,17-,18?,19?,20?,21?,22-,23+/m0/s1. The minimum Gasteiger partial charge on any atom is -0.394 e. The van der Waals surface area contributed by atoms with Gasteiger partial charge in [0.05, 0.1) is 62.9 Å². The molecule has 13 atom stereocenters. The summed E-state index contributed by atoms with van der Waals surface area (Å²) < 4.78 is 28.6. The van der Waals surface area contributed by atoms with E-state index in [9.17, 15) is 30.6 Å². The van der Waals surface area contributed by atoms with Gasteiger partial charge in [0.15, 0.2) is 18.2 Å². The summed E-state index contributed by atoms with van der Waals surface area (Å²) in [6.45, 7) is 2.60. The Morgan fingerprint density at radius 3 is 2.33 bits per heavy atom. The van der Waals surface area contributed by atoms with Crippen molar-refractivity contribution in [2.24, 2.45) is 22.2 Å². The van der Waals surface area contributed by atoms with Crippen LogP contribution in [0.25, 0.3) is 0 Å². The molecule has 17 heteroatoms. The van der Waals surface area contributed by atoms with E-state index in [1.807, 2.05) is 0 Å². The first-order chi connectivity index (χ1) is 19.8. The van der Waals surface area contributed by atoms with Gasteiger partial charge in [0, 0.05) is 13.1 Å². The molecule has 0 aromatic heterocycles. The molecule has 42 heavy (non-hydrogen) atoms. The summed E-state index contributed by atoms with van der Waals surface area (Å²) in [4.78, 5) is 4.32. The van der Waals surface area contributed by atoms with Crippen LogP contribution in [0.5, 0.6) is 0 Å². The van der Waals surface area contributed by atoms with E-state index in [2.05, 4.69) is 10.3 Å². The van der Waals surface area contributed by atoms with Crippen molar-refractivity contribution in [2.45, 2.75) is 112 Å². The van der Waals surface area contributed by atoms with Crippen molar-refractivity contribution in [2.75, 3.05) is 39.5 Å². The molecule has 3 rings (SSSR count). The van der Waals surface area contributed by atoms with Crippen LogP contribution < -0.4 is 22.5 Å². The summed E-state index contributed by atoms with van der Waals surface area (Å²) in [5.41, 5.74) is 16.7. The van der Waals surface area contributed by atoms with Crippen molar-refractivity contribution in [3.8, 4) is 0 Å². The molecular formula is C25H49N5O12. The van der Waals surface area contributed by atoms with Crippen LogP contribution in [0.2, 0.25) is 0 Å². The molecule has 0 bridgehead atoms. The van der Waals surface area contributed by atoms with Gasteiger partial charge in [0.2, 0.25) is 0 Å². The lowest BCUT2D eigenvalue weighted by molar-refractivity contribution is -0.305. The molecule has 0 spiro atoms. The van der Waals surface area contributed by atoms with E-state index in [0.717, 1.165) is 0 Å². The number of rotatable bonds is 15. The highest BCUT2D eigenvalue weighted by atomic mass is 16.7. The number of aliphatic hydroxyl groups is 7. The lowest BCUT2D eigenvalue weighted by atomic mass is 9.96. The molecule has 3 heterocycles. The first-order valence-corrected chi connectivity index (χ1v) is 14.2. The van der Waals surface area contributed by atoms with E-state index in [0.29, 0.717) is 19.4 Å². The maximum atomic E-state index is 11.4. The molecular weight excluding hydrogens is 562 g/mol. The van der Waals surface area contributed by atoms with Gasteiger partial charge in [-0.25, -0.2) is 0 Å². The van der Waals surface area contributed by atoms with Crippen LogP contribution in [0.15, 0.2) is 4.99 Å². The van der Waals surface area contributed by atoms with Crippen LogP contribution in [0, 0.1) is 0 Å². The van der Waals surface area contributed by atoms with E-state index in [-0.39, 0.29) is 38.3 Å². The van der Waals surface area contributed by atoms with Gasteiger partial charge in [-0.3, -0.25) is 4.99 Å². The van der Waals surface area contributed by atoms with Crippen molar-refractivity contribution in [3.63, 3.8) is 0 Å². The molecule has 246 valence electrons. The van der Waals surface area contributed by atoms with Crippen LogP contribution >= 0.6 is 0 Å². The predicted octanol–water partition coefficient (Wildman–Crippen LogP) is -5.81. The summed E-state index contributed by atoms with van der Waals surface area (Å²) >= 11 is 0. The number of amidine groups is 1. The minimum atomic E-state index is -1.53. The number of nitrogens with zero attached hydrogens (tertiary/aromatic N) is 1. The number of ether oxygens (including phenoxy) is 5. The second-order valence-electron chi connectivity index (χ2n) is 11.4. The van der Waals surface area contributed by atoms with Gasteiger partial charge in [-0.15, -0.1) is 0 Å². The second-order valence-corrected chi connectivity index (χ2v) is 11.4. The summed E-state index contributed by atoms with van der Waals surface area (Å²) in [7, 11) is 0. The molecule has 3 saturated heterocycles. The van der Waals surface area contributed by atoms with Crippen molar-refractivity contribution < 1.29 is 59.4 Å². The number of aliphatic hydroxyl groups excluding tert-OH is 6. The summed E-state index contributed by atoms with van der Waals surface area (Å²) in [5, 5.41) is 74.0. The highest BCUT2D eigenvalue weighted by Gasteiger charge is 2.47. The maximum Gasteiger partial charge on any atom is 0.186 e. The molecule has 3 fully saturated rings. The molecule has 0 saturated carbocycles. The lowest BCUT2D eigenvalue weighted by Gasteiger charge is -2.43. The Kier molecular flexibility index (Phi) is 13.2. The molecule has 0 radical (unpaired) electrons.